The van der Waals surface area contributed by atoms with E-state index in [-0.39, 0.29) is 11.8 Å². The zero-order valence-corrected chi connectivity index (χ0v) is 16.5. The summed E-state index contributed by atoms with van der Waals surface area (Å²) in [6.07, 6.45) is -1.88. The highest BCUT2D eigenvalue weighted by molar-refractivity contribution is 7.92. The van der Waals surface area contributed by atoms with Gasteiger partial charge in [0, 0.05) is 11.5 Å². The van der Waals surface area contributed by atoms with E-state index in [0.29, 0.717) is 16.7 Å². The molecule has 1 saturated heterocycles. The molecule has 3 aromatic rings. The molecule has 0 aliphatic carbocycles. The van der Waals surface area contributed by atoms with E-state index in [0.717, 1.165) is 44.1 Å². The Morgan fingerprint density at radius 2 is 1.83 bits per heavy atom. The number of fused-ring (bicyclic) bond motifs is 1. The highest BCUT2D eigenvalue weighted by Crippen LogP contribution is 2.36. The second-order valence-electron chi connectivity index (χ2n) is 6.98. The van der Waals surface area contributed by atoms with Gasteiger partial charge in [0.25, 0.3) is 10.0 Å². The number of nitrogens with one attached hydrogen (secondary N) is 2. The number of ether oxygens (including phenoxy) is 1. The second-order valence-corrected chi connectivity index (χ2v) is 8.63. The summed E-state index contributed by atoms with van der Waals surface area (Å²) in [6.45, 7) is 1.60. The van der Waals surface area contributed by atoms with Crippen LogP contribution in [0.15, 0.2) is 58.0 Å². The Morgan fingerprint density at radius 3 is 2.57 bits per heavy atom. The van der Waals surface area contributed by atoms with Crippen molar-refractivity contribution in [3.05, 3.63) is 54.3 Å². The van der Waals surface area contributed by atoms with Crippen molar-refractivity contribution >= 4 is 26.7 Å². The summed E-state index contributed by atoms with van der Waals surface area (Å²) in [5.41, 5.74) is -0.690. The van der Waals surface area contributed by atoms with E-state index in [4.69, 9.17) is 9.15 Å². The fourth-order valence-corrected chi connectivity index (χ4v) is 4.70. The van der Waals surface area contributed by atoms with Gasteiger partial charge in [-0.15, -0.1) is 0 Å². The summed E-state index contributed by atoms with van der Waals surface area (Å²) in [6, 6.07) is 8.60. The van der Waals surface area contributed by atoms with Crippen molar-refractivity contribution in [3.63, 3.8) is 0 Å². The average molecular weight is 440 g/mol. The van der Waals surface area contributed by atoms with Gasteiger partial charge in [0.05, 0.1) is 22.4 Å². The lowest BCUT2D eigenvalue weighted by Gasteiger charge is -2.24. The maximum atomic E-state index is 13.3. The van der Waals surface area contributed by atoms with Gasteiger partial charge >= 0.3 is 6.18 Å². The first-order chi connectivity index (χ1) is 14.2. The van der Waals surface area contributed by atoms with Crippen molar-refractivity contribution in [1.82, 2.24) is 5.32 Å². The monoisotopic (exact) mass is 440 g/mol. The van der Waals surface area contributed by atoms with E-state index < -0.39 is 26.7 Å². The van der Waals surface area contributed by atoms with Gasteiger partial charge in [-0.3, -0.25) is 4.72 Å². The first kappa shape index (κ1) is 20.5. The number of piperidine rings is 1. The highest BCUT2D eigenvalue weighted by Gasteiger charge is 2.37. The molecule has 2 aromatic carbocycles. The summed E-state index contributed by atoms with van der Waals surface area (Å²) >= 11 is 0. The van der Waals surface area contributed by atoms with Crippen LogP contribution in [0.2, 0.25) is 0 Å². The SMILES string of the molecule is O=S(=O)(Nc1cc(OC2CCNCC2)c2occc2c1)c1ccccc1C(F)(F)F. The van der Waals surface area contributed by atoms with E-state index >= 15 is 0 Å². The minimum atomic E-state index is -4.80. The standard InChI is InChI=1S/C20H19F3N2O4S/c21-20(22,23)16-3-1-2-4-18(16)30(26,27)25-14-11-13-7-10-28-19(13)17(12-14)29-15-5-8-24-9-6-15/h1-4,7,10-12,15,24-25H,5-6,8-9H2. The molecule has 30 heavy (non-hydrogen) atoms. The third-order valence-electron chi connectivity index (χ3n) is 4.83. The van der Waals surface area contributed by atoms with E-state index in [2.05, 4.69) is 10.0 Å². The Bertz CT molecular complexity index is 1150. The Morgan fingerprint density at radius 1 is 1.10 bits per heavy atom. The quantitative estimate of drug-likeness (QED) is 0.615. The smallest absolute Gasteiger partial charge is 0.417 e. The van der Waals surface area contributed by atoms with Crippen molar-refractivity contribution < 1.29 is 30.7 Å². The molecule has 0 atom stereocenters. The fraction of sp³-hybridized carbons (Fsp3) is 0.300. The molecule has 1 fully saturated rings. The Kier molecular flexibility index (Phi) is 5.37. The van der Waals surface area contributed by atoms with Crippen LogP contribution in [0.5, 0.6) is 5.75 Å². The van der Waals surface area contributed by atoms with Gasteiger partial charge in [-0.2, -0.15) is 13.2 Å². The number of halogens is 3. The van der Waals surface area contributed by atoms with Gasteiger partial charge in [-0.1, -0.05) is 12.1 Å². The summed E-state index contributed by atoms with van der Waals surface area (Å²) in [5.74, 6) is 0.339. The van der Waals surface area contributed by atoms with Crippen LogP contribution >= 0.6 is 0 Å². The van der Waals surface area contributed by atoms with Crippen LogP contribution in [-0.2, 0) is 16.2 Å². The lowest BCUT2D eigenvalue weighted by atomic mass is 10.1. The number of rotatable bonds is 5. The molecule has 2 N–H and O–H groups in total. The third kappa shape index (κ3) is 4.24. The van der Waals surface area contributed by atoms with E-state index in [1.54, 1.807) is 6.07 Å². The van der Waals surface area contributed by atoms with E-state index in [9.17, 15) is 21.6 Å². The van der Waals surface area contributed by atoms with E-state index in [1.165, 1.54) is 24.5 Å². The summed E-state index contributed by atoms with van der Waals surface area (Å²) < 4.78 is 79.1. The van der Waals surface area contributed by atoms with Gasteiger partial charge < -0.3 is 14.5 Å². The number of sulfonamides is 1. The number of anilines is 1. The second kappa shape index (κ2) is 7.84. The van der Waals surface area contributed by atoms with Crippen molar-refractivity contribution in [3.8, 4) is 5.75 Å². The molecule has 0 saturated carbocycles. The molecule has 4 rings (SSSR count). The third-order valence-corrected chi connectivity index (χ3v) is 6.27. The first-order valence-electron chi connectivity index (χ1n) is 9.32. The Balaban J connectivity index is 1.69. The van der Waals surface area contributed by atoms with Gasteiger partial charge in [-0.05, 0) is 50.2 Å². The molecule has 10 heteroatoms. The van der Waals surface area contributed by atoms with Crippen LogP contribution in [0, 0.1) is 0 Å². The Labute approximate surface area is 171 Å². The summed E-state index contributed by atoms with van der Waals surface area (Å²) in [7, 11) is -4.49. The molecule has 0 amide bonds. The lowest BCUT2D eigenvalue weighted by molar-refractivity contribution is -0.139. The van der Waals surface area contributed by atoms with Crippen molar-refractivity contribution in [1.29, 1.82) is 0 Å². The van der Waals surface area contributed by atoms with E-state index in [1.807, 2.05) is 0 Å². The first-order valence-corrected chi connectivity index (χ1v) is 10.8. The van der Waals surface area contributed by atoms with Crippen LogP contribution in [0.25, 0.3) is 11.0 Å². The topological polar surface area (TPSA) is 80.6 Å². The van der Waals surface area contributed by atoms with Gasteiger partial charge in [0.1, 0.15) is 6.10 Å². The van der Waals surface area contributed by atoms with Gasteiger partial charge in [0.15, 0.2) is 11.3 Å². The van der Waals surface area contributed by atoms with Crippen LogP contribution in [0.3, 0.4) is 0 Å². The molecular formula is C20H19F3N2O4S. The van der Waals surface area contributed by atoms with Crippen molar-refractivity contribution in [2.45, 2.75) is 30.0 Å². The number of hydrogen-bond acceptors (Lipinski definition) is 5. The number of hydrogen-bond donors (Lipinski definition) is 2. The predicted octanol–water partition coefficient (Wildman–Crippen LogP) is 4.38. The summed E-state index contributed by atoms with van der Waals surface area (Å²) in [4.78, 5) is -0.842. The molecular weight excluding hydrogens is 421 g/mol. The predicted molar refractivity (Wildman–Crippen MR) is 105 cm³/mol. The maximum absolute atomic E-state index is 13.3. The molecule has 0 spiro atoms. The molecule has 1 aliphatic rings. The van der Waals surface area contributed by atoms with Crippen LogP contribution in [0.4, 0.5) is 18.9 Å². The van der Waals surface area contributed by atoms with Gasteiger partial charge in [-0.25, -0.2) is 8.42 Å². The normalized spacial score (nSPS) is 16.0. The molecule has 160 valence electrons. The lowest BCUT2D eigenvalue weighted by Crippen LogP contribution is -2.34. The number of furan rings is 1. The fourth-order valence-electron chi connectivity index (χ4n) is 3.43. The van der Waals surface area contributed by atoms with Crippen molar-refractivity contribution in [2.24, 2.45) is 0 Å². The van der Waals surface area contributed by atoms with Crippen LogP contribution in [-0.4, -0.2) is 27.6 Å². The minimum absolute atomic E-state index is 0.0719. The number of alkyl halides is 3. The molecule has 0 radical (unpaired) electrons. The highest BCUT2D eigenvalue weighted by atomic mass is 32.2. The van der Waals surface area contributed by atoms with Crippen LogP contribution < -0.4 is 14.8 Å². The van der Waals surface area contributed by atoms with Gasteiger partial charge in [0.2, 0.25) is 0 Å². The Hall–Kier alpha value is -2.72. The molecule has 6 nitrogen and oxygen atoms in total. The maximum Gasteiger partial charge on any atom is 0.417 e. The average Bonchev–Trinajstić information content (AvgIpc) is 3.17. The molecule has 1 aliphatic heterocycles. The largest absolute Gasteiger partial charge is 0.486 e. The zero-order valence-electron chi connectivity index (χ0n) is 15.7. The minimum Gasteiger partial charge on any atom is -0.486 e. The van der Waals surface area contributed by atoms with Crippen molar-refractivity contribution in [2.75, 3.05) is 17.8 Å². The van der Waals surface area contributed by atoms with Crippen LogP contribution in [0.1, 0.15) is 18.4 Å². The molecule has 0 unspecified atom stereocenters. The summed E-state index contributed by atoms with van der Waals surface area (Å²) in [5, 5.41) is 3.80. The number of benzene rings is 2. The molecule has 0 bridgehead atoms. The molecule has 2 heterocycles. The molecule has 1 aromatic heterocycles. The zero-order chi connectivity index (χ0) is 21.4.